The molecule has 2 rings (SSSR count). The zero-order valence-corrected chi connectivity index (χ0v) is 14.8. The van der Waals surface area contributed by atoms with Crippen molar-refractivity contribution in [2.24, 2.45) is 0 Å². The van der Waals surface area contributed by atoms with E-state index in [0.717, 1.165) is 31.5 Å². The zero-order chi connectivity index (χ0) is 16.3. The number of piperidine rings is 1. The van der Waals surface area contributed by atoms with Crippen LogP contribution in [0.4, 0.5) is 0 Å². The average Bonchev–Trinajstić information content (AvgIpc) is 2.46. The molecule has 1 fully saturated rings. The number of nitrogens with one attached hydrogen (secondary N) is 1. The maximum Gasteiger partial charge on any atom is 0.254 e. The number of carbonyl (C=O) groups is 2. The minimum atomic E-state index is -0.541. The van der Waals surface area contributed by atoms with Crippen LogP contribution in [0.25, 0.3) is 0 Å². The summed E-state index contributed by atoms with van der Waals surface area (Å²) in [5.41, 5.74) is 1.27. The summed E-state index contributed by atoms with van der Waals surface area (Å²) in [5.74, 6) is -0.304. The van der Waals surface area contributed by atoms with E-state index in [-0.39, 0.29) is 17.9 Å². The third kappa shape index (κ3) is 3.85. The molecular weight excluding hydrogens is 346 g/mol. The largest absolute Gasteiger partial charge is 0.340 e. The Morgan fingerprint density at radius 2 is 2.14 bits per heavy atom. The number of nitrogens with zero attached hydrogens (tertiary/aromatic N) is 2. The Hall–Kier alpha value is -1.43. The monoisotopic (exact) mass is 367 g/mol. The van der Waals surface area contributed by atoms with Gasteiger partial charge in [-0.05, 0) is 68.1 Å². The summed E-state index contributed by atoms with van der Waals surface area (Å²) >= 11 is 3.29. The maximum absolute atomic E-state index is 12.5. The number of aromatic nitrogens is 1. The number of pyridine rings is 1. The van der Waals surface area contributed by atoms with Gasteiger partial charge >= 0.3 is 0 Å². The lowest BCUT2D eigenvalue weighted by Gasteiger charge is -2.35. The molecule has 1 aromatic rings. The molecule has 0 bridgehead atoms. The van der Waals surface area contributed by atoms with Gasteiger partial charge < -0.3 is 10.2 Å². The van der Waals surface area contributed by atoms with Gasteiger partial charge in [-0.15, -0.1) is 0 Å². The Balaban J connectivity index is 2.02. The molecule has 2 atom stereocenters. The molecule has 1 aromatic heterocycles. The first-order valence-corrected chi connectivity index (χ1v) is 8.44. The van der Waals surface area contributed by atoms with Crippen molar-refractivity contribution in [3.05, 3.63) is 28.0 Å². The highest BCUT2D eigenvalue weighted by molar-refractivity contribution is 9.10. The van der Waals surface area contributed by atoms with Gasteiger partial charge in [0.05, 0.1) is 5.56 Å². The van der Waals surface area contributed by atoms with Gasteiger partial charge in [0.2, 0.25) is 5.91 Å². The molecule has 0 radical (unpaired) electrons. The first-order valence-electron chi connectivity index (χ1n) is 7.64. The summed E-state index contributed by atoms with van der Waals surface area (Å²) in [5, 5.41) is 2.77. The average molecular weight is 368 g/mol. The SMILES string of the molecule is Cc1ccc(C(=O)N[C@H](C)C(=O)N2CCCC[C@@H]2C)c(Br)n1. The minimum Gasteiger partial charge on any atom is -0.340 e. The van der Waals surface area contributed by atoms with E-state index >= 15 is 0 Å². The van der Waals surface area contributed by atoms with E-state index in [1.807, 2.05) is 11.8 Å². The van der Waals surface area contributed by atoms with Crippen LogP contribution in [-0.2, 0) is 4.79 Å². The predicted molar refractivity (Wildman–Crippen MR) is 88.6 cm³/mol. The molecule has 2 amide bonds. The van der Waals surface area contributed by atoms with E-state index in [0.29, 0.717) is 10.2 Å². The molecule has 0 unspecified atom stereocenters. The van der Waals surface area contributed by atoms with Crippen molar-refractivity contribution in [2.45, 2.75) is 52.1 Å². The summed E-state index contributed by atoms with van der Waals surface area (Å²) in [4.78, 5) is 30.9. The molecule has 5 nitrogen and oxygen atoms in total. The summed E-state index contributed by atoms with van der Waals surface area (Å²) in [6.45, 7) is 6.43. The molecule has 1 aliphatic heterocycles. The first-order chi connectivity index (χ1) is 10.4. The number of halogens is 1. The first kappa shape index (κ1) is 16.9. The summed E-state index contributed by atoms with van der Waals surface area (Å²) in [6.07, 6.45) is 3.22. The number of hydrogen-bond acceptors (Lipinski definition) is 3. The Bertz CT molecular complexity index is 577. The van der Waals surface area contributed by atoms with Gasteiger partial charge in [-0.3, -0.25) is 9.59 Å². The maximum atomic E-state index is 12.5. The second kappa shape index (κ2) is 7.22. The van der Waals surface area contributed by atoms with Gasteiger partial charge in [0.15, 0.2) is 0 Å². The van der Waals surface area contributed by atoms with Crippen LogP contribution in [0.5, 0.6) is 0 Å². The Labute approximate surface area is 139 Å². The highest BCUT2D eigenvalue weighted by Crippen LogP contribution is 2.18. The van der Waals surface area contributed by atoms with Crippen molar-refractivity contribution in [3.63, 3.8) is 0 Å². The summed E-state index contributed by atoms with van der Waals surface area (Å²) in [6, 6.07) is 3.19. The van der Waals surface area contributed by atoms with Crippen LogP contribution >= 0.6 is 15.9 Å². The number of aryl methyl sites for hydroxylation is 1. The van der Waals surface area contributed by atoms with Gasteiger partial charge in [-0.25, -0.2) is 4.98 Å². The third-order valence-corrected chi connectivity index (χ3v) is 4.64. The second-order valence-electron chi connectivity index (χ2n) is 5.86. The van der Waals surface area contributed by atoms with Gasteiger partial charge in [0.1, 0.15) is 10.6 Å². The van der Waals surface area contributed by atoms with Crippen LogP contribution < -0.4 is 5.32 Å². The Kier molecular flexibility index (Phi) is 5.56. The van der Waals surface area contributed by atoms with Gasteiger partial charge in [-0.2, -0.15) is 0 Å². The van der Waals surface area contributed by atoms with Crippen LogP contribution in [0.3, 0.4) is 0 Å². The quantitative estimate of drug-likeness (QED) is 0.835. The van der Waals surface area contributed by atoms with Crippen molar-refractivity contribution >= 4 is 27.7 Å². The Morgan fingerprint density at radius 1 is 1.41 bits per heavy atom. The number of rotatable bonds is 3. The van der Waals surface area contributed by atoms with E-state index in [2.05, 4.69) is 33.2 Å². The molecule has 1 aliphatic rings. The van der Waals surface area contributed by atoms with Gasteiger partial charge in [0.25, 0.3) is 5.91 Å². The van der Waals surface area contributed by atoms with E-state index in [1.165, 1.54) is 0 Å². The zero-order valence-electron chi connectivity index (χ0n) is 13.2. The smallest absolute Gasteiger partial charge is 0.254 e. The van der Waals surface area contributed by atoms with E-state index < -0.39 is 6.04 Å². The fraction of sp³-hybridized carbons (Fsp3) is 0.562. The van der Waals surface area contributed by atoms with Crippen LogP contribution in [0.2, 0.25) is 0 Å². The van der Waals surface area contributed by atoms with Gasteiger partial charge in [-0.1, -0.05) is 0 Å². The molecule has 6 heteroatoms. The molecule has 0 aliphatic carbocycles. The predicted octanol–water partition coefficient (Wildman–Crippen LogP) is 2.67. The van der Waals surface area contributed by atoms with E-state index in [1.54, 1.807) is 19.1 Å². The second-order valence-corrected chi connectivity index (χ2v) is 6.61. The van der Waals surface area contributed by atoms with Gasteiger partial charge in [0, 0.05) is 18.3 Å². The number of hydrogen-bond donors (Lipinski definition) is 1. The van der Waals surface area contributed by atoms with Crippen molar-refractivity contribution in [1.29, 1.82) is 0 Å². The van der Waals surface area contributed by atoms with Crippen molar-refractivity contribution < 1.29 is 9.59 Å². The summed E-state index contributed by atoms with van der Waals surface area (Å²) < 4.78 is 0.496. The highest BCUT2D eigenvalue weighted by Gasteiger charge is 2.28. The number of likely N-dealkylation sites (tertiary alicyclic amines) is 1. The molecule has 2 heterocycles. The molecule has 0 aromatic carbocycles. The third-order valence-electron chi connectivity index (χ3n) is 4.04. The Morgan fingerprint density at radius 3 is 2.77 bits per heavy atom. The normalized spacial score (nSPS) is 19.6. The minimum absolute atomic E-state index is 0.0169. The molecule has 0 saturated carbocycles. The molecule has 1 saturated heterocycles. The van der Waals surface area contributed by atoms with E-state index in [9.17, 15) is 9.59 Å². The fourth-order valence-corrected chi connectivity index (χ4v) is 3.30. The lowest BCUT2D eigenvalue weighted by Crippen LogP contribution is -2.51. The van der Waals surface area contributed by atoms with E-state index in [4.69, 9.17) is 0 Å². The molecule has 0 spiro atoms. The van der Waals surface area contributed by atoms with Crippen LogP contribution in [0.1, 0.15) is 49.2 Å². The molecule has 1 N–H and O–H groups in total. The molecule has 120 valence electrons. The highest BCUT2D eigenvalue weighted by atomic mass is 79.9. The lowest BCUT2D eigenvalue weighted by molar-refractivity contribution is -0.136. The van der Waals surface area contributed by atoms with Crippen LogP contribution in [0.15, 0.2) is 16.7 Å². The van der Waals surface area contributed by atoms with Crippen LogP contribution in [0, 0.1) is 6.92 Å². The standard InChI is InChI=1S/C16H22BrN3O2/c1-10-7-8-13(14(17)18-10)15(21)19-12(3)16(22)20-9-5-4-6-11(20)2/h7-8,11-12H,4-6,9H2,1-3H3,(H,19,21)/t11-,12+/m0/s1. The topological polar surface area (TPSA) is 62.3 Å². The fourth-order valence-electron chi connectivity index (χ4n) is 2.70. The van der Waals surface area contributed by atoms with Crippen molar-refractivity contribution in [1.82, 2.24) is 15.2 Å². The number of carbonyl (C=O) groups excluding carboxylic acids is 2. The number of amides is 2. The summed E-state index contributed by atoms with van der Waals surface area (Å²) in [7, 11) is 0. The molecule has 22 heavy (non-hydrogen) atoms. The van der Waals surface area contributed by atoms with Crippen molar-refractivity contribution in [3.8, 4) is 0 Å². The van der Waals surface area contributed by atoms with Crippen molar-refractivity contribution in [2.75, 3.05) is 6.54 Å². The lowest BCUT2D eigenvalue weighted by atomic mass is 10.0. The van der Waals surface area contributed by atoms with Crippen LogP contribution in [-0.4, -0.2) is 40.3 Å². The molecular formula is C16H22BrN3O2.